The third kappa shape index (κ3) is 2.28. The molecule has 0 fully saturated rings. The van der Waals surface area contributed by atoms with Crippen LogP contribution in [0.1, 0.15) is 38.4 Å². The molecule has 0 bridgehead atoms. The molecule has 80 valence electrons. The first-order chi connectivity index (χ1) is 6.56. The number of hydrogen-bond acceptors (Lipinski definition) is 1. The SMILES string of the molecule is CCCc1[nH]n(CC(C)C)c(=O)c1C. The average Bonchev–Trinajstić information content (AvgIpc) is 2.34. The van der Waals surface area contributed by atoms with Crippen molar-refractivity contribution in [2.45, 2.75) is 47.1 Å². The van der Waals surface area contributed by atoms with Crippen molar-refractivity contribution in [1.29, 1.82) is 0 Å². The lowest BCUT2D eigenvalue weighted by Gasteiger charge is -2.04. The second-order valence-corrected chi connectivity index (χ2v) is 4.27. The van der Waals surface area contributed by atoms with Gasteiger partial charge in [-0.05, 0) is 19.3 Å². The van der Waals surface area contributed by atoms with Crippen LogP contribution in [-0.4, -0.2) is 9.78 Å². The van der Waals surface area contributed by atoms with Crippen LogP contribution in [0.25, 0.3) is 0 Å². The van der Waals surface area contributed by atoms with Gasteiger partial charge in [-0.2, -0.15) is 0 Å². The monoisotopic (exact) mass is 196 g/mol. The standard InChI is InChI=1S/C11H20N2O/c1-5-6-10-9(4)11(14)13(12-10)7-8(2)3/h8,12H,5-7H2,1-4H3. The highest BCUT2D eigenvalue weighted by atomic mass is 16.1. The zero-order valence-corrected chi connectivity index (χ0v) is 9.55. The molecular weight excluding hydrogens is 176 g/mol. The molecule has 0 atom stereocenters. The molecule has 0 spiro atoms. The summed E-state index contributed by atoms with van der Waals surface area (Å²) in [5, 5.41) is 3.19. The predicted molar refractivity (Wildman–Crippen MR) is 58.6 cm³/mol. The lowest BCUT2D eigenvalue weighted by atomic mass is 10.2. The molecule has 0 aliphatic carbocycles. The van der Waals surface area contributed by atoms with Crippen molar-refractivity contribution in [3.05, 3.63) is 21.6 Å². The highest BCUT2D eigenvalue weighted by Gasteiger charge is 2.09. The van der Waals surface area contributed by atoms with Crippen molar-refractivity contribution < 1.29 is 0 Å². The Morgan fingerprint density at radius 1 is 1.43 bits per heavy atom. The second kappa shape index (κ2) is 4.49. The summed E-state index contributed by atoms with van der Waals surface area (Å²) >= 11 is 0. The fourth-order valence-electron chi connectivity index (χ4n) is 1.62. The number of aromatic amines is 1. The summed E-state index contributed by atoms with van der Waals surface area (Å²) in [6.07, 6.45) is 2.04. The lowest BCUT2D eigenvalue weighted by molar-refractivity contribution is 0.469. The van der Waals surface area contributed by atoms with Gasteiger partial charge in [-0.15, -0.1) is 0 Å². The Morgan fingerprint density at radius 3 is 2.57 bits per heavy atom. The van der Waals surface area contributed by atoms with E-state index in [1.54, 1.807) is 4.68 Å². The quantitative estimate of drug-likeness (QED) is 0.786. The van der Waals surface area contributed by atoms with Gasteiger partial charge in [0.2, 0.25) is 0 Å². The molecule has 1 rings (SSSR count). The molecule has 0 aliphatic rings. The van der Waals surface area contributed by atoms with E-state index in [4.69, 9.17) is 0 Å². The fraction of sp³-hybridized carbons (Fsp3) is 0.727. The molecule has 0 aromatic carbocycles. The molecule has 3 heteroatoms. The Balaban J connectivity index is 2.96. The highest BCUT2D eigenvalue weighted by molar-refractivity contribution is 5.15. The summed E-state index contributed by atoms with van der Waals surface area (Å²) < 4.78 is 1.73. The highest BCUT2D eigenvalue weighted by Crippen LogP contribution is 2.04. The van der Waals surface area contributed by atoms with E-state index in [9.17, 15) is 4.79 Å². The molecular formula is C11H20N2O. The van der Waals surface area contributed by atoms with Gasteiger partial charge in [-0.25, -0.2) is 0 Å². The van der Waals surface area contributed by atoms with Crippen LogP contribution in [0.2, 0.25) is 0 Å². The zero-order chi connectivity index (χ0) is 10.7. The van der Waals surface area contributed by atoms with Crippen LogP contribution in [-0.2, 0) is 13.0 Å². The van der Waals surface area contributed by atoms with Crippen LogP contribution < -0.4 is 5.56 Å². The van der Waals surface area contributed by atoms with E-state index >= 15 is 0 Å². The lowest BCUT2D eigenvalue weighted by Crippen LogP contribution is -2.20. The van der Waals surface area contributed by atoms with Gasteiger partial charge < -0.3 is 0 Å². The number of aryl methyl sites for hydroxylation is 1. The second-order valence-electron chi connectivity index (χ2n) is 4.27. The zero-order valence-electron chi connectivity index (χ0n) is 9.55. The number of hydrogen-bond donors (Lipinski definition) is 1. The summed E-state index contributed by atoms with van der Waals surface area (Å²) in [7, 11) is 0. The third-order valence-electron chi connectivity index (χ3n) is 2.34. The molecule has 3 nitrogen and oxygen atoms in total. The van der Waals surface area contributed by atoms with Crippen LogP contribution in [0.3, 0.4) is 0 Å². The van der Waals surface area contributed by atoms with Gasteiger partial charge in [0.15, 0.2) is 0 Å². The number of nitrogens with one attached hydrogen (secondary N) is 1. The maximum absolute atomic E-state index is 11.7. The Hall–Kier alpha value is -0.990. The van der Waals surface area contributed by atoms with E-state index in [1.165, 1.54) is 0 Å². The first-order valence-corrected chi connectivity index (χ1v) is 5.34. The molecule has 1 aromatic rings. The van der Waals surface area contributed by atoms with E-state index < -0.39 is 0 Å². The minimum absolute atomic E-state index is 0.141. The number of rotatable bonds is 4. The van der Waals surface area contributed by atoms with Crippen LogP contribution in [0.4, 0.5) is 0 Å². The fourth-order valence-corrected chi connectivity index (χ4v) is 1.62. The van der Waals surface area contributed by atoms with Crippen LogP contribution >= 0.6 is 0 Å². The summed E-state index contributed by atoms with van der Waals surface area (Å²) in [5.41, 5.74) is 2.12. The maximum Gasteiger partial charge on any atom is 0.269 e. The average molecular weight is 196 g/mol. The summed E-state index contributed by atoms with van der Waals surface area (Å²) in [6.45, 7) is 9.03. The van der Waals surface area contributed by atoms with E-state index in [0.29, 0.717) is 5.92 Å². The number of H-pyrrole nitrogens is 1. The molecule has 0 unspecified atom stereocenters. The van der Waals surface area contributed by atoms with Gasteiger partial charge in [0.25, 0.3) is 5.56 Å². The van der Waals surface area contributed by atoms with Crippen molar-refractivity contribution in [1.82, 2.24) is 9.78 Å². The first-order valence-electron chi connectivity index (χ1n) is 5.34. The van der Waals surface area contributed by atoms with Crippen molar-refractivity contribution in [3.8, 4) is 0 Å². The smallest absolute Gasteiger partial charge is 0.269 e. The Bertz CT molecular complexity index is 347. The number of nitrogens with zero attached hydrogens (tertiary/aromatic N) is 1. The van der Waals surface area contributed by atoms with E-state index in [0.717, 1.165) is 30.6 Å². The van der Waals surface area contributed by atoms with Crippen molar-refractivity contribution in [3.63, 3.8) is 0 Å². The molecule has 1 N–H and O–H groups in total. The topological polar surface area (TPSA) is 37.8 Å². The van der Waals surface area contributed by atoms with E-state index in [2.05, 4.69) is 25.9 Å². The van der Waals surface area contributed by atoms with Gasteiger partial charge in [-0.3, -0.25) is 14.6 Å². The van der Waals surface area contributed by atoms with Gasteiger partial charge in [-0.1, -0.05) is 27.2 Å². The van der Waals surface area contributed by atoms with Gasteiger partial charge in [0.1, 0.15) is 0 Å². The Morgan fingerprint density at radius 2 is 2.07 bits per heavy atom. The van der Waals surface area contributed by atoms with Crippen molar-refractivity contribution in [2.75, 3.05) is 0 Å². The van der Waals surface area contributed by atoms with Crippen LogP contribution in [0, 0.1) is 12.8 Å². The molecule has 1 aromatic heterocycles. The van der Waals surface area contributed by atoms with Gasteiger partial charge in [0, 0.05) is 17.8 Å². The third-order valence-corrected chi connectivity index (χ3v) is 2.34. The Labute approximate surface area is 85.1 Å². The van der Waals surface area contributed by atoms with E-state index in [-0.39, 0.29) is 5.56 Å². The normalized spacial score (nSPS) is 11.2. The summed E-state index contributed by atoms with van der Waals surface area (Å²) in [5.74, 6) is 0.500. The maximum atomic E-state index is 11.7. The Kier molecular flexibility index (Phi) is 3.55. The molecule has 0 amide bonds. The van der Waals surface area contributed by atoms with E-state index in [1.807, 2.05) is 6.92 Å². The summed E-state index contributed by atoms with van der Waals surface area (Å²) in [4.78, 5) is 11.7. The van der Waals surface area contributed by atoms with Crippen LogP contribution in [0.15, 0.2) is 4.79 Å². The predicted octanol–water partition coefficient (Wildman–Crippen LogP) is 2.09. The van der Waals surface area contributed by atoms with Gasteiger partial charge in [0.05, 0.1) is 0 Å². The molecule has 0 saturated carbocycles. The van der Waals surface area contributed by atoms with Gasteiger partial charge >= 0.3 is 0 Å². The largest absolute Gasteiger partial charge is 0.299 e. The molecule has 14 heavy (non-hydrogen) atoms. The number of aromatic nitrogens is 2. The minimum atomic E-state index is 0.141. The first kappa shape index (κ1) is 11.1. The minimum Gasteiger partial charge on any atom is -0.299 e. The van der Waals surface area contributed by atoms with Crippen LogP contribution in [0.5, 0.6) is 0 Å². The molecule has 0 saturated heterocycles. The molecule has 0 radical (unpaired) electrons. The molecule has 0 aliphatic heterocycles. The van der Waals surface area contributed by atoms with Crippen molar-refractivity contribution >= 4 is 0 Å². The van der Waals surface area contributed by atoms with Crippen molar-refractivity contribution in [2.24, 2.45) is 5.92 Å². The summed E-state index contributed by atoms with van der Waals surface area (Å²) in [6, 6.07) is 0. The molecule has 1 heterocycles.